The van der Waals surface area contributed by atoms with Crippen LogP contribution in [0.25, 0.3) is 53.9 Å². The number of benzene rings is 5. The summed E-state index contributed by atoms with van der Waals surface area (Å²) in [5.74, 6) is -1.12. The molecule has 7 nitrogen and oxygen atoms in total. The van der Waals surface area contributed by atoms with E-state index in [-0.39, 0.29) is 21.9 Å². The molecule has 6 rings (SSSR count). The second-order valence-corrected chi connectivity index (χ2v) is 10.3. The number of aromatic amines is 1. The van der Waals surface area contributed by atoms with Crippen LogP contribution in [0.3, 0.4) is 0 Å². The van der Waals surface area contributed by atoms with Crippen molar-refractivity contribution in [3.63, 3.8) is 0 Å². The van der Waals surface area contributed by atoms with E-state index in [1.165, 1.54) is 19.3 Å². The van der Waals surface area contributed by atoms with Gasteiger partial charge >= 0.3 is 0 Å². The number of H-pyrrole nitrogens is 1. The third-order valence-electron chi connectivity index (χ3n) is 7.91. The Balaban J connectivity index is 1.69. The number of carbonyl (C=O) groups is 2. The zero-order valence-electron chi connectivity index (χ0n) is 21.8. The number of primary amides is 1. The van der Waals surface area contributed by atoms with Gasteiger partial charge in [0.1, 0.15) is 0 Å². The van der Waals surface area contributed by atoms with E-state index in [0.717, 1.165) is 46.2 Å². The minimum atomic E-state index is -0.709. The van der Waals surface area contributed by atoms with Crippen LogP contribution in [0.15, 0.2) is 58.1 Å². The third-order valence-corrected chi connectivity index (χ3v) is 7.91. The van der Waals surface area contributed by atoms with Crippen molar-refractivity contribution in [2.24, 2.45) is 5.73 Å². The van der Waals surface area contributed by atoms with Crippen molar-refractivity contribution < 1.29 is 9.59 Å². The Kier molecular flexibility index (Phi) is 6.14. The van der Waals surface area contributed by atoms with Gasteiger partial charge in [0.25, 0.3) is 17.0 Å². The Labute approximate surface area is 223 Å². The lowest BCUT2D eigenvalue weighted by Crippen LogP contribution is -2.26. The van der Waals surface area contributed by atoms with Gasteiger partial charge in [0.2, 0.25) is 5.91 Å². The standard InChI is InChI=1S/C32H29N3O4/c1-2-3-4-5-6-7-16-34-30(37)26-24-20-13-9-11-17-10-8-12-18(22(17)20)19-14-15-21(29(33)36)25(23(19)24)27-28(26)32(39)35-31(27)38/h8-15H,2-7,16H2,1H3,(H2,33,36)(H,34,37)(H,35,38,39). The molecule has 5 aromatic carbocycles. The molecule has 1 heterocycles. The summed E-state index contributed by atoms with van der Waals surface area (Å²) in [4.78, 5) is 55.3. The van der Waals surface area contributed by atoms with Gasteiger partial charge in [0, 0.05) is 22.9 Å². The molecule has 1 aromatic heterocycles. The molecule has 39 heavy (non-hydrogen) atoms. The predicted molar refractivity (Wildman–Crippen MR) is 157 cm³/mol. The first-order valence-corrected chi connectivity index (χ1v) is 13.6. The summed E-state index contributed by atoms with van der Waals surface area (Å²) in [7, 11) is 0. The molecule has 0 saturated heterocycles. The first-order valence-electron chi connectivity index (χ1n) is 13.6. The van der Waals surface area contributed by atoms with Crippen LogP contribution in [0.5, 0.6) is 0 Å². The topological polar surface area (TPSA) is 122 Å². The summed E-state index contributed by atoms with van der Waals surface area (Å²) < 4.78 is 0. The lowest BCUT2D eigenvalue weighted by molar-refractivity contribution is 0.0955. The fraction of sp³-hybridized carbons (Fsp3) is 0.250. The lowest BCUT2D eigenvalue weighted by atomic mass is 9.84. The summed E-state index contributed by atoms with van der Waals surface area (Å²) in [6, 6.07) is 15.2. The quantitative estimate of drug-likeness (QED) is 0.131. The fourth-order valence-corrected chi connectivity index (χ4v) is 6.20. The van der Waals surface area contributed by atoms with Crippen molar-refractivity contribution in [3.8, 4) is 0 Å². The molecule has 0 radical (unpaired) electrons. The van der Waals surface area contributed by atoms with Crippen LogP contribution < -0.4 is 22.2 Å². The van der Waals surface area contributed by atoms with Crippen molar-refractivity contribution in [1.82, 2.24) is 10.3 Å². The highest BCUT2D eigenvalue weighted by Gasteiger charge is 2.28. The molecule has 0 unspecified atom stereocenters. The summed E-state index contributed by atoms with van der Waals surface area (Å²) >= 11 is 0. The van der Waals surface area contributed by atoms with E-state index in [9.17, 15) is 19.2 Å². The summed E-state index contributed by atoms with van der Waals surface area (Å²) in [5.41, 5.74) is 4.79. The number of aromatic nitrogens is 1. The molecule has 0 aliphatic rings. The SMILES string of the molecule is CCCCCCCCNC(=O)c1c2c(=O)[nH]c(=O)c2c2c(C(N)=O)ccc3c4cccc5cccc(c1c32)c54. The molecule has 6 aromatic rings. The van der Waals surface area contributed by atoms with E-state index < -0.39 is 22.9 Å². The van der Waals surface area contributed by atoms with E-state index >= 15 is 0 Å². The van der Waals surface area contributed by atoms with Gasteiger partial charge in [-0.3, -0.25) is 24.2 Å². The Bertz CT molecular complexity index is 2020. The zero-order chi connectivity index (χ0) is 27.3. The number of amides is 2. The van der Waals surface area contributed by atoms with Gasteiger partial charge in [-0.25, -0.2) is 0 Å². The largest absolute Gasteiger partial charge is 0.366 e. The van der Waals surface area contributed by atoms with Crippen molar-refractivity contribution in [2.75, 3.05) is 6.54 Å². The van der Waals surface area contributed by atoms with E-state index in [2.05, 4.69) is 17.2 Å². The first-order chi connectivity index (χ1) is 18.9. The summed E-state index contributed by atoms with van der Waals surface area (Å²) in [6.45, 7) is 2.63. The highest BCUT2D eigenvalue weighted by molar-refractivity contribution is 6.42. The molecule has 0 fully saturated rings. The molecule has 7 heteroatoms. The molecule has 196 valence electrons. The molecule has 0 bridgehead atoms. The van der Waals surface area contributed by atoms with Crippen LogP contribution in [0.2, 0.25) is 0 Å². The second kappa shape index (κ2) is 9.66. The van der Waals surface area contributed by atoms with Gasteiger partial charge < -0.3 is 11.1 Å². The Morgan fingerprint density at radius 3 is 2.13 bits per heavy atom. The highest BCUT2D eigenvalue weighted by atomic mass is 16.2. The maximum atomic E-state index is 13.9. The minimum Gasteiger partial charge on any atom is -0.366 e. The van der Waals surface area contributed by atoms with Crippen molar-refractivity contribution in [3.05, 3.63) is 80.4 Å². The highest BCUT2D eigenvalue weighted by Crippen LogP contribution is 2.44. The molecule has 0 aliphatic heterocycles. The molecular formula is C32H29N3O4. The van der Waals surface area contributed by atoms with Crippen LogP contribution in [-0.4, -0.2) is 23.3 Å². The van der Waals surface area contributed by atoms with Gasteiger partial charge in [-0.05, 0) is 44.8 Å². The van der Waals surface area contributed by atoms with E-state index in [4.69, 9.17) is 5.73 Å². The maximum absolute atomic E-state index is 13.9. The summed E-state index contributed by atoms with van der Waals surface area (Å²) in [5, 5.41) is 8.93. The third kappa shape index (κ3) is 3.80. The van der Waals surface area contributed by atoms with Crippen LogP contribution in [-0.2, 0) is 0 Å². The number of hydrogen-bond donors (Lipinski definition) is 3. The van der Waals surface area contributed by atoms with Crippen LogP contribution in [0, 0.1) is 0 Å². The van der Waals surface area contributed by atoms with Crippen molar-refractivity contribution in [1.29, 1.82) is 0 Å². The predicted octanol–water partition coefficient (Wildman–Crippen LogP) is 5.57. The number of nitrogens with two attached hydrogens (primary N) is 1. The Morgan fingerprint density at radius 1 is 0.718 bits per heavy atom. The normalized spacial score (nSPS) is 11.9. The number of carbonyl (C=O) groups excluding carboxylic acids is 2. The van der Waals surface area contributed by atoms with E-state index in [1.807, 2.05) is 42.5 Å². The Hall–Kier alpha value is -4.52. The maximum Gasteiger partial charge on any atom is 0.259 e. The summed E-state index contributed by atoms with van der Waals surface area (Å²) in [6.07, 6.45) is 6.47. The van der Waals surface area contributed by atoms with Crippen molar-refractivity contribution in [2.45, 2.75) is 45.4 Å². The molecule has 0 atom stereocenters. The lowest BCUT2D eigenvalue weighted by Gasteiger charge is -2.19. The van der Waals surface area contributed by atoms with Gasteiger partial charge in [0.15, 0.2) is 0 Å². The number of hydrogen-bond acceptors (Lipinski definition) is 4. The molecular weight excluding hydrogens is 490 g/mol. The second-order valence-electron chi connectivity index (χ2n) is 10.3. The first kappa shape index (κ1) is 24.8. The van der Waals surface area contributed by atoms with Crippen molar-refractivity contribution >= 4 is 65.7 Å². The van der Waals surface area contributed by atoms with Crippen LogP contribution in [0.4, 0.5) is 0 Å². The van der Waals surface area contributed by atoms with Gasteiger partial charge in [-0.1, -0.05) is 81.5 Å². The van der Waals surface area contributed by atoms with Gasteiger partial charge in [-0.15, -0.1) is 0 Å². The van der Waals surface area contributed by atoms with Gasteiger partial charge in [0.05, 0.1) is 16.3 Å². The number of nitrogens with one attached hydrogen (secondary N) is 2. The number of rotatable bonds is 9. The zero-order valence-corrected chi connectivity index (χ0v) is 21.8. The monoisotopic (exact) mass is 519 g/mol. The number of unbranched alkanes of at least 4 members (excludes halogenated alkanes) is 5. The Morgan fingerprint density at radius 2 is 1.38 bits per heavy atom. The fourth-order valence-electron chi connectivity index (χ4n) is 6.20. The molecule has 0 saturated carbocycles. The average Bonchev–Trinajstić information content (AvgIpc) is 3.23. The molecule has 0 aliphatic carbocycles. The smallest absolute Gasteiger partial charge is 0.259 e. The number of fused-ring (bicyclic) bond motifs is 4. The van der Waals surface area contributed by atoms with Crippen LogP contribution in [0.1, 0.15) is 66.2 Å². The van der Waals surface area contributed by atoms with Gasteiger partial charge in [-0.2, -0.15) is 0 Å². The van der Waals surface area contributed by atoms with E-state index in [1.54, 1.807) is 6.07 Å². The molecule has 4 N–H and O–H groups in total. The average molecular weight is 520 g/mol. The molecule has 0 spiro atoms. The molecule has 2 amide bonds. The van der Waals surface area contributed by atoms with E-state index in [0.29, 0.717) is 22.7 Å². The minimum absolute atomic E-state index is 0.000944. The van der Waals surface area contributed by atoms with Crippen LogP contribution >= 0.6 is 0 Å².